The molecule has 130 valence electrons. The van der Waals surface area contributed by atoms with Gasteiger partial charge in [0.2, 0.25) is 0 Å². The van der Waals surface area contributed by atoms with Crippen LogP contribution in [-0.4, -0.2) is 6.10 Å². The highest BCUT2D eigenvalue weighted by atomic mass is 16.5. The third-order valence-corrected chi connectivity index (χ3v) is 6.80. The number of hydrogen-bond acceptors (Lipinski definition) is 1. The maximum atomic E-state index is 6.43. The molecule has 0 amide bonds. The summed E-state index contributed by atoms with van der Waals surface area (Å²) in [6, 6.07) is 10.6. The predicted octanol–water partition coefficient (Wildman–Crippen LogP) is 6.31. The Kier molecular flexibility index (Phi) is 4.75. The van der Waals surface area contributed by atoms with Gasteiger partial charge < -0.3 is 4.74 Å². The number of benzene rings is 1. The molecule has 0 spiro atoms. The van der Waals surface area contributed by atoms with Crippen LogP contribution in [0.4, 0.5) is 0 Å². The number of ether oxygens (including phenoxy) is 1. The van der Waals surface area contributed by atoms with Crippen LogP contribution in [0.2, 0.25) is 0 Å². The maximum absolute atomic E-state index is 6.43. The highest BCUT2D eigenvalue weighted by molar-refractivity contribution is 5.35. The molecular formula is C23H32O. The third-order valence-electron chi connectivity index (χ3n) is 6.80. The fraction of sp³-hybridized carbons (Fsp3) is 0.565. The number of allylic oxidation sites excluding steroid dienone is 3. The van der Waals surface area contributed by atoms with Gasteiger partial charge in [-0.15, -0.1) is 0 Å². The van der Waals surface area contributed by atoms with Gasteiger partial charge in [-0.05, 0) is 60.5 Å². The van der Waals surface area contributed by atoms with E-state index in [2.05, 4.69) is 70.7 Å². The van der Waals surface area contributed by atoms with E-state index in [1.807, 2.05) is 0 Å². The summed E-state index contributed by atoms with van der Waals surface area (Å²) in [7, 11) is 0. The van der Waals surface area contributed by atoms with Crippen molar-refractivity contribution in [2.24, 2.45) is 16.7 Å². The Morgan fingerprint density at radius 3 is 2.54 bits per heavy atom. The molecule has 0 heterocycles. The molecule has 1 saturated carbocycles. The van der Waals surface area contributed by atoms with Gasteiger partial charge in [0.05, 0.1) is 12.7 Å². The van der Waals surface area contributed by atoms with Crippen LogP contribution in [0.3, 0.4) is 0 Å². The van der Waals surface area contributed by atoms with Crippen LogP contribution in [0.1, 0.15) is 58.9 Å². The fourth-order valence-electron chi connectivity index (χ4n) is 5.50. The van der Waals surface area contributed by atoms with Crippen LogP contribution in [0.5, 0.6) is 0 Å². The largest absolute Gasteiger partial charge is 0.373 e. The Labute approximate surface area is 147 Å². The normalized spacial score (nSPS) is 32.3. The molecular weight excluding hydrogens is 292 g/mol. The SMILES string of the molecule is C=CC1=C(C)CC[C@H]2C(C)(C)[C@@H](OCc3ccccc3)CC[C@]12C. The topological polar surface area (TPSA) is 9.23 Å². The summed E-state index contributed by atoms with van der Waals surface area (Å²) in [4.78, 5) is 0. The van der Waals surface area contributed by atoms with Gasteiger partial charge in [-0.1, -0.05) is 69.3 Å². The van der Waals surface area contributed by atoms with E-state index in [-0.39, 0.29) is 10.8 Å². The first-order valence-electron chi connectivity index (χ1n) is 9.38. The van der Waals surface area contributed by atoms with Crippen molar-refractivity contribution in [1.82, 2.24) is 0 Å². The predicted molar refractivity (Wildman–Crippen MR) is 102 cm³/mol. The maximum Gasteiger partial charge on any atom is 0.0720 e. The smallest absolute Gasteiger partial charge is 0.0720 e. The summed E-state index contributed by atoms with van der Waals surface area (Å²) in [6.45, 7) is 14.5. The van der Waals surface area contributed by atoms with Gasteiger partial charge in [-0.3, -0.25) is 0 Å². The minimum Gasteiger partial charge on any atom is -0.373 e. The van der Waals surface area contributed by atoms with Crippen LogP contribution < -0.4 is 0 Å². The zero-order chi connectivity index (χ0) is 17.4. The molecule has 1 nitrogen and oxygen atoms in total. The van der Waals surface area contributed by atoms with Crippen molar-refractivity contribution in [1.29, 1.82) is 0 Å². The molecule has 0 N–H and O–H groups in total. The Balaban J connectivity index is 1.80. The third kappa shape index (κ3) is 2.88. The van der Waals surface area contributed by atoms with E-state index < -0.39 is 0 Å². The van der Waals surface area contributed by atoms with Crippen LogP contribution in [0, 0.1) is 16.7 Å². The van der Waals surface area contributed by atoms with E-state index in [1.54, 1.807) is 5.57 Å². The molecule has 0 aromatic heterocycles. The molecule has 1 aromatic rings. The highest BCUT2D eigenvalue weighted by Crippen LogP contribution is 2.60. The molecule has 0 unspecified atom stereocenters. The van der Waals surface area contributed by atoms with E-state index in [1.165, 1.54) is 30.4 Å². The molecule has 0 radical (unpaired) electrons. The van der Waals surface area contributed by atoms with E-state index in [4.69, 9.17) is 4.74 Å². The molecule has 2 aliphatic carbocycles. The summed E-state index contributed by atoms with van der Waals surface area (Å²) >= 11 is 0. The lowest BCUT2D eigenvalue weighted by molar-refractivity contribution is -0.126. The first kappa shape index (κ1) is 17.5. The number of hydrogen-bond donors (Lipinski definition) is 0. The van der Waals surface area contributed by atoms with Gasteiger partial charge in [0.15, 0.2) is 0 Å². The lowest BCUT2D eigenvalue weighted by Gasteiger charge is -2.57. The molecule has 3 rings (SSSR count). The number of fused-ring (bicyclic) bond motifs is 1. The molecule has 24 heavy (non-hydrogen) atoms. The summed E-state index contributed by atoms with van der Waals surface area (Å²) < 4.78 is 6.43. The first-order valence-corrected chi connectivity index (χ1v) is 9.38. The molecule has 2 aliphatic rings. The summed E-state index contributed by atoms with van der Waals surface area (Å²) in [5.74, 6) is 0.663. The second-order valence-corrected chi connectivity index (χ2v) is 8.55. The monoisotopic (exact) mass is 324 g/mol. The zero-order valence-electron chi connectivity index (χ0n) is 15.8. The lowest BCUT2D eigenvalue weighted by atomic mass is 9.49. The average Bonchev–Trinajstić information content (AvgIpc) is 2.54. The van der Waals surface area contributed by atoms with Gasteiger partial charge in [-0.25, -0.2) is 0 Å². The van der Waals surface area contributed by atoms with Crippen molar-refractivity contribution in [3.8, 4) is 0 Å². The van der Waals surface area contributed by atoms with Crippen LogP contribution >= 0.6 is 0 Å². The second-order valence-electron chi connectivity index (χ2n) is 8.55. The lowest BCUT2D eigenvalue weighted by Crippen LogP contribution is -2.52. The van der Waals surface area contributed by atoms with Crippen molar-refractivity contribution in [3.63, 3.8) is 0 Å². The van der Waals surface area contributed by atoms with Crippen molar-refractivity contribution in [2.45, 2.75) is 66.1 Å². The van der Waals surface area contributed by atoms with Crippen LogP contribution in [-0.2, 0) is 11.3 Å². The van der Waals surface area contributed by atoms with Gasteiger partial charge in [0.25, 0.3) is 0 Å². The van der Waals surface area contributed by atoms with Gasteiger partial charge >= 0.3 is 0 Å². The Morgan fingerprint density at radius 2 is 1.88 bits per heavy atom. The molecule has 1 fully saturated rings. The van der Waals surface area contributed by atoms with Crippen LogP contribution in [0.25, 0.3) is 0 Å². The zero-order valence-corrected chi connectivity index (χ0v) is 15.8. The van der Waals surface area contributed by atoms with E-state index in [0.29, 0.717) is 12.0 Å². The Bertz CT molecular complexity index is 625. The Hall–Kier alpha value is -1.34. The van der Waals surface area contributed by atoms with Crippen molar-refractivity contribution >= 4 is 0 Å². The average molecular weight is 325 g/mol. The highest BCUT2D eigenvalue weighted by Gasteiger charge is 2.53. The second kappa shape index (κ2) is 6.52. The van der Waals surface area contributed by atoms with Crippen molar-refractivity contribution in [2.75, 3.05) is 0 Å². The fourth-order valence-corrected chi connectivity index (χ4v) is 5.50. The standard InChI is InChI=1S/C23H32O/c1-6-19-17(2)12-13-20-22(3,4)21(14-15-23(19,20)5)24-16-18-10-8-7-9-11-18/h6-11,20-21H,1,12-16H2,2-5H3/t20-,21-,23+/m0/s1. The van der Waals surface area contributed by atoms with Crippen molar-refractivity contribution in [3.05, 3.63) is 59.7 Å². The van der Waals surface area contributed by atoms with Crippen molar-refractivity contribution < 1.29 is 4.74 Å². The van der Waals surface area contributed by atoms with Gasteiger partial charge in [0, 0.05) is 0 Å². The summed E-state index contributed by atoms with van der Waals surface area (Å²) in [6.07, 6.45) is 7.29. The minimum atomic E-state index is 0.191. The van der Waals surface area contributed by atoms with E-state index in [9.17, 15) is 0 Å². The van der Waals surface area contributed by atoms with E-state index >= 15 is 0 Å². The number of rotatable bonds is 4. The summed E-state index contributed by atoms with van der Waals surface area (Å²) in [5.41, 5.74) is 4.78. The molecule has 1 heteroatoms. The first-order chi connectivity index (χ1) is 11.4. The molecule has 0 bridgehead atoms. The molecule has 3 atom stereocenters. The molecule has 0 saturated heterocycles. The molecule has 1 aromatic carbocycles. The van der Waals surface area contributed by atoms with Gasteiger partial charge in [-0.2, -0.15) is 0 Å². The van der Waals surface area contributed by atoms with E-state index in [0.717, 1.165) is 13.0 Å². The summed E-state index contributed by atoms with van der Waals surface area (Å²) in [5, 5.41) is 0. The quantitative estimate of drug-likeness (QED) is 0.630. The van der Waals surface area contributed by atoms with Gasteiger partial charge in [0.1, 0.15) is 0 Å². The minimum absolute atomic E-state index is 0.191. The Morgan fingerprint density at radius 1 is 1.17 bits per heavy atom. The molecule has 0 aliphatic heterocycles. The van der Waals surface area contributed by atoms with Crippen LogP contribution in [0.15, 0.2) is 54.1 Å².